The molecule has 0 spiro atoms. The number of hydroxylamine groups is 1. The fourth-order valence-electron chi connectivity index (χ4n) is 2.22. The van der Waals surface area contributed by atoms with Gasteiger partial charge in [0.25, 0.3) is 0 Å². The number of nitrogens with zero attached hydrogens (tertiary/aromatic N) is 1. The quantitative estimate of drug-likeness (QED) is 0.290. The van der Waals surface area contributed by atoms with Gasteiger partial charge in [-0.1, -0.05) is 25.7 Å². The smallest absolute Gasteiger partial charge is 0.243 e. The molecule has 0 fully saturated rings. The van der Waals surface area contributed by atoms with Crippen molar-refractivity contribution in [1.82, 2.24) is 10.4 Å². The topological polar surface area (TPSA) is 104 Å². The minimum absolute atomic E-state index is 0.122. The second-order valence-electron chi connectivity index (χ2n) is 5.39. The SMILES string of the molecule is O=C(CCCCCCCCC(=O)N1C=C(F)C(=O)CC1=O)NO. The first-order valence-electron chi connectivity index (χ1n) is 7.64. The van der Waals surface area contributed by atoms with Crippen molar-refractivity contribution < 1.29 is 28.8 Å². The van der Waals surface area contributed by atoms with E-state index in [4.69, 9.17) is 5.21 Å². The molecule has 7 nitrogen and oxygen atoms in total. The lowest BCUT2D eigenvalue weighted by atomic mass is 10.1. The summed E-state index contributed by atoms with van der Waals surface area (Å²) < 4.78 is 13.1. The number of amides is 3. The zero-order valence-electron chi connectivity index (χ0n) is 12.8. The molecule has 2 N–H and O–H groups in total. The second kappa shape index (κ2) is 9.83. The molecule has 1 aliphatic heterocycles. The van der Waals surface area contributed by atoms with E-state index < -0.39 is 35.8 Å². The normalized spacial score (nSPS) is 14.7. The summed E-state index contributed by atoms with van der Waals surface area (Å²) in [6, 6.07) is 0. The summed E-state index contributed by atoms with van der Waals surface area (Å²) in [6.07, 6.45) is 5.14. The molecular formula is C15H21FN2O5. The molecule has 0 radical (unpaired) electrons. The molecule has 0 aromatic rings. The summed E-state index contributed by atoms with van der Waals surface area (Å²) in [4.78, 5) is 45.7. The first kappa shape index (κ1) is 19.0. The van der Waals surface area contributed by atoms with E-state index in [9.17, 15) is 23.6 Å². The Balaban J connectivity index is 2.14. The Kier molecular flexibility index (Phi) is 8.10. The fourth-order valence-corrected chi connectivity index (χ4v) is 2.22. The first-order chi connectivity index (χ1) is 11.0. The first-order valence-corrected chi connectivity index (χ1v) is 7.64. The number of Topliss-reactive ketones (excluding diaryl/α,β-unsaturated/α-hetero) is 1. The predicted octanol–water partition coefficient (Wildman–Crippen LogP) is 1.75. The van der Waals surface area contributed by atoms with Crippen LogP contribution in [-0.2, 0) is 19.2 Å². The molecule has 128 valence electrons. The van der Waals surface area contributed by atoms with Gasteiger partial charge in [-0.2, -0.15) is 0 Å². The van der Waals surface area contributed by atoms with Crippen LogP contribution in [0.4, 0.5) is 4.39 Å². The second-order valence-corrected chi connectivity index (χ2v) is 5.39. The average Bonchev–Trinajstić information content (AvgIpc) is 2.52. The molecule has 1 aliphatic rings. The number of rotatable bonds is 9. The Bertz CT molecular complexity index is 504. The molecule has 1 heterocycles. The van der Waals surface area contributed by atoms with Gasteiger partial charge in [-0.25, -0.2) is 9.87 Å². The number of halogens is 1. The minimum Gasteiger partial charge on any atom is -0.291 e. The number of hydrogen-bond donors (Lipinski definition) is 2. The minimum atomic E-state index is -1.06. The Hall–Kier alpha value is -2.09. The van der Waals surface area contributed by atoms with Crippen molar-refractivity contribution >= 4 is 23.5 Å². The molecule has 0 saturated heterocycles. The molecule has 23 heavy (non-hydrogen) atoms. The van der Waals surface area contributed by atoms with E-state index in [0.717, 1.165) is 25.7 Å². The van der Waals surface area contributed by atoms with Gasteiger partial charge in [0.05, 0.1) is 12.6 Å². The van der Waals surface area contributed by atoms with Crippen molar-refractivity contribution in [2.75, 3.05) is 0 Å². The highest BCUT2D eigenvalue weighted by Crippen LogP contribution is 2.16. The summed E-state index contributed by atoms with van der Waals surface area (Å²) >= 11 is 0. The zero-order valence-corrected chi connectivity index (χ0v) is 12.8. The lowest BCUT2D eigenvalue weighted by Gasteiger charge is -2.19. The van der Waals surface area contributed by atoms with Gasteiger partial charge in [-0.3, -0.25) is 29.3 Å². The molecule has 0 unspecified atom stereocenters. The van der Waals surface area contributed by atoms with Crippen molar-refractivity contribution in [3.63, 3.8) is 0 Å². The summed E-state index contributed by atoms with van der Waals surface area (Å²) in [5, 5.41) is 8.31. The number of nitrogens with one attached hydrogen (secondary N) is 1. The monoisotopic (exact) mass is 328 g/mol. The summed E-state index contributed by atoms with van der Waals surface area (Å²) in [5.74, 6) is -3.56. The Morgan fingerprint density at radius 2 is 1.65 bits per heavy atom. The number of carbonyl (C=O) groups is 4. The van der Waals surface area contributed by atoms with E-state index in [2.05, 4.69) is 0 Å². The third-order valence-electron chi connectivity index (χ3n) is 3.53. The maximum absolute atomic E-state index is 13.1. The summed E-state index contributed by atoms with van der Waals surface area (Å²) in [6.45, 7) is 0. The third kappa shape index (κ3) is 6.68. The molecule has 3 amide bonds. The van der Waals surface area contributed by atoms with Gasteiger partial charge in [0, 0.05) is 12.8 Å². The van der Waals surface area contributed by atoms with Gasteiger partial charge in [-0.15, -0.1) is 0 Å². The van der Waals surface area contributed by atoms with Crippen molar-refractivity contribution in [2.45, 2.75) is 57.8 Å². The zero-order chi connectivity index (χ0) is 17.2. The van der Waals surface area contributed by atoms with Gasteiger partial charge < -0.3 is 0 Å². The number of imide groups is 1. The van der Waals surface area contributed by atoms with Crippen molar-refractivity contribution in [3.05, 3.63) is 12.0 Å². The van der Waals surface area contributed by atoms with Gasteiger partial charge in [0.15, 0.2) is 5.83 Å². The maximum Gasteiger partial charge on any atom is 0.243 e. The largest absolute Gasteiger partial charge is 0.291 e. The Morgan fingerprint density at radius 3 is 2.26 bits per heavy atom. The van der Waals surface area contributed by atoms with Crippen LogP contribution in [0.5, 0.6) is 0 Å². The highest BCUT2D eigenvalue weighted by Gasteiger charge is 2.29. The highest BCUT2D eigenvalue weighted by molar-refractivity contribution is 6.13. The van der Waals surface area contributed by atoms with Crippen molar-refractivity contribution in [1.29, 1.82) is 0 Å². The Morgan fingerprint density at radius 1 is 1.09 bits per heavy atom. The number of unbranched alkanes of at least 4 members (excludes halogenated alkanes) is 5. The Labute approximate surface area is 133 Å². The van der Waals surface area contributed by atoms with E-state index in [1.54, 1.807) is 5.48 Å². The molecule has 0 atom stereocenters. The van der Waals surface area contributed by atoms with Crippen LogP contribution in [0, 0.1) is 0 Å². The van der Waals surface area contributed by atoms with Crippen LogP contribution in [-0.4, -0.2) is 33.6 Å². The van der Waals surface area contributed by atoms with Crippen molar-refractivity contribution in [3.8, 4) is 0 Å². The number of allylic oxidation sites excluding steroid dienone is 1. The third-order valence-corrected chi connectivity index (χ3v) is 3.53. The molecule has 1 rings (SSSR count). The van der Waals surface area contributed by atoms with E-state index in [1.165, 1.54) is 0 Å². The predicted molar refractivity (Wildman–Crippen MR) is 77.5 cm³/mol. The molecule has 0 aliphatic carbocycles. The number of hydrogen-bond acceptors (Lipinski definition) is 5. The fraction of sp³-hybridized carbons (Fsp3) is 0.600. The van der Waals surface area contributed by atoms with E-state index in [1.807, 2.05) is 0 Å². The summed E-state index contributed by atoms with van der Waals surface area (Å²) in [5.41, 5.74) is 1.57. The standard InChI is InChI=1S/C15H21FN2O5/c16-11-10-18(15(22)9-12(11)19)14(21)8-6-4-2-1-3-5-7-13(20)17-23/h10,23H,1-9H2,(H,17,20). The highest BCUT2D eigenvalue weighted by atomic mass is 19.1. The molecule has 0 aromatic heterocycles. The van der Waals surface area contributed by atoms with Gasteiger partial charge >= 0.3 is 0 Å². The lowest BCUT2D eigenvalue weighted by molar-refractivity contribution is -0.144. The van der Waals surface area contributed by atoms with Crippen LogP contribution in [0.25, 0.3) is 0 Å². The van der Waals surface area contributed by atoms with Gasteiger partial charge in [0.2, 0.25) is 23.5 Å². The summed E-state index contributed by atoms with van der Waals surface area (Å²) in [7, 11) is 0. The van der Waals surface area contributed by atoms with E-state index in [0.29, 0.717) is 23.9 Å². The van der Waals surface area contributed by atoms with Crippen LogP contribution >= 0.6 is 0 Å². The van der Waals surface area contributed by atoms with Gasteiger partial charge in [0.1, 0.15) is 0 Å². The van der Waals surface area contributed by atoms with Crippen molar-refractivity contribution in [2.24, 2.45) is 0 Å². The average molecular weight is 328 g/mol. The van der Waals surface area contributed by atoms with E-state index in [-0.39, 0.29) is 12.8 Å². The maximum atomic E-state index is 13.1. The van der Waals surface area contributed by atoms with Crippen LogP contribution in [0.15, 0.2) is 12.0 Å². The number of ketones is 1. The van der Waals surface area contributed by atoms with Crippen LogP contribution < -0.4 is 5.48 Å². The van der Waals surface area contributed by atoms with Crippen LogP contribution in [0.3, 0.4) is 0 Å². The van der Waals surface area contributed by atoms with E-state index >= 15 is 0 Å². The van der Waals surface area contributed by atoms with Gasteiger partial charge in [-0.05, 0) is 12.8 Å². The molecule has 0 aromatic carbocycles. The van der Waals surface area contributed by atoms with Crippen LogP contribution in [0.1, 0.15) is 57.8 Å². The molecule has 0 saturated carbocycles. The molecule has 8 heteroatoms. The molecule has 0 bridgehead atoms. The lowest BCUT2D eigenvalue weighted by Crippen LogP contribution is -2.37. The number of carbonyl (C=O) groups excluding carboxylic acids is 4. The van der Waals surface area contributed by atoms with Crippen LogP contribution in [0.2, 0.25) is 0 Å². The molecular weight excluding hydrogens is 307 g/mol.